The molecule has 3 aromatic carbocycles. The summed E-state index contributed by atoms with van der Waals surface area (Å²) in [6, 6.07) is 28.2. The van der Waals surface area contributed by atoms with Crippen molar-refractivity contribution in [3.05, 3.63) is 113 Å². The van der Waals surface area contributed by atoms with E-state index in [4.69, 9.17) is 4.74 Å². The van der Waals surface area contributed by atoms with Crippen LogP contribution in [-0.2, 0) is 20.9 Å². The van der Waals surface area contributed by atoms with Crippen molar-refractivity contribution in [2.45, 2.75) is 70.6 Å². The molecule has 3 aliphatic heterocycles. The van der Waals surface area contributed by atoms with E-state index in [1.807, 2.05) is 24.3 Å². The van der Waals surface area contributed by atoms with Crippen LogP contribution in [0.3, 0.4) is 0 Å². The molecular weight excluding hydrogens is 584 g/mol. The van der Waals surface area contributed by atoms with E-state index >= 15 is 0 Å². The van der Waals surface area contributed by atoms with Gasteiger partial charge in [-0.1, -0.05) is 97.8 Å². The van der Waals surface area contributed by atoms with Gasteiger partial charge in [-0.05, 0) is 78.5 Å². The van der Waals surface area contributed by atoms with Gasteiger partial charge in [-0.3, -0.25) is 19.4 Å². The Balaban J connectivity index is 1.07. The summed E-state index contributed by atoms with van der Waals surface area (Å²) in [4.78, 5) is 32.4. The molecule has 2 amide bonds. The molecule has 3 saturated heterocycles. The number of allylic oxidation sites excluding steroid dienone is 2. The van der Waals surface area contributed by atoms with Gasteiger partial charge >= 0.3 is 0 Å². The van der Waals surface area contributed by atoms with Crippen molar-refractivity contribution in [1.29, 1.82) is 0 Å². The van der Waals surface area contributed by atoms with Gasteiger partial charge in [0, 0.05) is 31.6 Å². The Hall–Kier alpha value is -4.00. The zero-order chi connectivity index (χ0) is 32.3. The molecule has 1 N–H and O–H groups in total. The second-order valence-electron chi connectivity index (χ2n) is 13.8. The van der Waals surface area contributed by atoms with Crippen LogP contribution in [0, 0.1) is 17.8 Å². The largest absolute Gasteiger partial charge is 0.508 e. The standard InChI is InChI=1S/C41H46N2O4/c1-2-10-32-25-35-39(41(46)43(40(35)45)33-19-21-42(22-20-33)26-28-11-5-3-6-12-28)36-27-47-37(38(32)36)18-17-31(30-14-7-4-8-15-30)23-29-13-9-16-34(44)24-29/h3-9,11-16,23-24,33,35-37,39,44H,2,10,17-22,25-27H2,1H3/b31-23-/t35-,36+,37-,39-/m1/s1. The molecule has 3 heterocycles. The highest BCUT2D eigenvalue weighted by atomic mass is 16.5. The second kappa shape index (κ2) is 14.0. The van der Waals surface area contributed by atoms with Gasteiger partial charge in [-0.15, -0.1) is 0 Å². The van der Waals surface area contributed by atoms with Gasteiger partial charge in [0.25, 0.3) is 0 Å². The fraction of sp³-hybridized carbons (Fsp3) is 0.415. The average molecular weight is 631 g/mol. The fourth-order valence-corrected chi connectivity index (χ4v) is 8.63. The van der Waals surface area contributed by atoms with E-state index in [1.54, 1.807) is 17.0 Å². The highest BCUT2D eigenvalue weighted by Gasteiger charge is 2.58. The molecule has 6 nitrogen and oxygen atoms in total. The highest BCUT2D eigenvalue weighted by molar-refractivity contribution is 6.06. The normalized spacial score (nSPS) is 25.4. The van der Waals surface area contributed by atoms with Crippen molar-refractivity contribution in [3.8, 4) is 5.75 Å². The number of hydrogen-bond acceptors (Lipinski definition) is 5. The molecule has 4 atom stereocenters. The van der Waals surface area contributed by atoms with Crippen molar-refractivity contribution in [2.24, 2.45) is 17.8 Å². The Bertz CT molecular complexity index is 1640. The van der Waals surface area contributed by atoms with E-state index in [1.165, 1.54) is 22.3 Å². The minimum atomic E-state index is -0.304. The molecule has 0 unspecified atom stereocenters. The number of likely N-dealkylation sites (tertiary alicyclic amines) is 2. The van der Waals surface area contributed by atoms with Crippen LogP contribution in [0.4, 0.5) is 0 Å². The molecular formula is C41H46N2O4. The van der Waals surface area contributed by atoms with E-state index in [2.05, 4.69) is 66.4 Å². The number of nitrogens with zero attached hydrogens (tertiary/aromatic N) is 2. The Kier molecular flexibility index (Phi) is 9.41. The number of benzene rings is 3. The minimum absolute atomic E-state index is 0.0141. The molecule has 4 aliphatic rings. The second-order valence-corrected chi connectivity index (χ2v) is 13.8. The Morgan fingerprint density at radius 2 is 1.66 bits per heavy atom. The Labute approximate surface area is 278 Å². The van der Waals surface area contributed by atoms with E-state index in [9.17, 15) is 14.7 Å². The van der Waals surface area contributed by atoms with Crippen molar-refractivity contribution in [1.82, 2.24) is 9.80 Å². The minimum Gasteiger partial charge on any atom is -0.508 e. The zero-order valence-electron chi connectivity index (χ0n) is 27.4. The van der Waals surface area contributed by atoms with Crippen LogP contribution in [0.5, 0.6) is 5.75 Å². The van der Waals surface area contributed by atoms with Gasteiger partial charge < -0.3 is 9.84 Å². The van der Waals surface area contributed by atoms with Crippen LogP contribution >= 0.6 is 0 Å². The monoisotopic (exact) mass is 630 g/mol. The molecule has 3 fully saturated rings. The summed E-state index contributed by atoms with van der Waals surface area (Å²) in [6.07, 6.45) is 8.01. The number of rotatable bonds is 10. The first-order valence-electron chi connectivity index (χ1n) is 17.5. The van der Waals surface area contributed by atoms with Crippen molar-refractivity contribution in [2.75, 3.05) is 19.7 Å². The zero-order valence-corrected chi connectivity index (χ0v) is 27.4. The number of phenols is 1. The number of aromatic hydroxyl groups is 1. The first-order valence-corrected chi connectivity index (χ1v) is 17.5. The Morgan fingerprint density at radius 1 is 0.915 bits per heavy atom. The Morgan fingerprint density at radius 3 is 2.38 bits per heavy atom. The number of carbonyl (C=O) groups is 2. The predicted molar refractivity (Wildman–Crippen MR) is 185 cm³/mol. The molecule has 1 aliphatic carbocycles. The fourth-order valence-electron chi connectivity index (χ4n) is 8.63. The molecule has 47 heavy (non-hydrogen) atoms. The van der Waals surface area contributed by atoms with Gasteiger partial charge in [0.1, 0.15) is 5.75 Å². The summed E-state index contributed by atoms with van der Waals surface area (Å²) in [6.45, 7) is 5.40. The number of phenolic OH excluding ortho intramolecular Hbond substituents is 1. The third-order valence-electron chi connectivity index (χ3n) is 10.8. The smallest absolute Gasteiger partial charge is 0.234 e. The van der Waals surface area contributed by atoms with E-state index in [0.29, 0.717) is 13.0 Å². The van der Waals surface area contributed by atoms with E-state index in [-0.39, 0.29) is 47.5 Å². The number of piperidine rings is 1. The molecule has 0 saturated carbocycles. The lowest BCUT2D eigenvalue weighted by molar-refractivity contribution is -0.144. The van der Waals surface area contributed by atoms with Gasteiger partial charge in [-0.25, -0.2) is 0 Å². The van der Waals surface area contributed by atoms with Crippen molar-refractivity contribution >= 4 is 23.5 Å². The SMILES string of the molecule is CCCC1=C2[C@@H](CC/C(=C/c3cccc(O)c3)c3ccccc3)OC[C@@H]2[C@@H]2C(=O)N(C3CCN(Cc4ccccc4)CC3)C(=O)[C@@H]2C1. The number of carbonyl (C=O) groups excluding carboxylic acids is 2. The lowest BCUT2D eigenvalue weighted by atomic mass is 9.68. The predicted octanol–water partition coefficient (Wildman–Crippen LogP) is 7.49. The number of ether oxygens (including phenoxy) is 1. The van der Waals surface area contributed by atoms with Crippen molar-refractivity contribution < 1.29 is 19.4 Å². The van der Waals surface area contributed by atoms with Crippen LogP contribution in [-0.4, -0.2) is 58.6 Å². The van der Waals surface area contributed by atoms with Crippen LogP contribution in [0.1, 0.15) is 68.6 Å². The summed E-state index contributed by atoms with van der Waals surface area (Å²) in [5, 5.41) is 10.1. The molecule has 0 bridgehead atoms. The third kappa shape index (κ3) is 6.59. The molecule has 244 valence electrons. The molecule has 6 heteroatoms. The summed E-state index contributed by atoms with van der Waals surface area (Å²) in [7, 11) is 0. The van der Waals surface area contributed by atoms with Crippen LogP contribution in [0.2, 0.25) is 0 Å². The summed E-state index contributed by atoms with van der Waals surface area (Å²) in [5.74, 6) is -0.234. The summed E-state index contributed by atoms with van der Waals surface area (Å²) < 4.78 is 6.56. The summed E-state index contributed by atoms with van der Waals surface area (Å²) >= 11 is 0. The highest BCUT2D eigenvalue weighted by Crippen LogP contribution is 2.51. The van der Waals surface area contributed by atoms with Crippen LogP contribution in [0.15, 0.2) is 96.1 Å². The van der Waals surface area contributed by atoms with Gasteiger partial charge in [0.05, 0.1) is 24.5 Å². The van der Waals surface area contributed by atoms with Gasteiger partial charge in [0.15, 0.2) is 0 Å². The third-order valence-corrected chi connectivity index (χ3v) is 10.8. The number of amides is 2. The first-order chi connectivity index (χ1) is 23.0. The lowest BCUT2D eigenvalue weighted by Gasteiger charge is -2.36. The van der Waals surface area contributed by atoms with Gasteiger partial charge in [0.2, 0.25) is 11.8 Å². The maximum atomic E-state index is 14.2. The lowest BCUT2D eigenvalue weighted by Crippen LogP contribution is -2.47. The van der Waals surface area contributed by atoms with Gasteiger partial charge in [-0.2, -0.15) is 0 Å². The topological polar surface area (TPSA) is 70.1 Å². The van der Waals surface area contributed by atoms with E-state index in [0.717, 1.165) is 69.3 Å². The van der Waals surface area contributed by atoms with Crippen LogP contribution < -0.4 is 0 Å². The molecule has 0 radical (unpaired) electrons. The molecule has 0 spiro atoms. The van der Waals surface area contributed by atoms with E-state index < -0.39 is 0 Å². The summed E-state index contributed by atoms with van der Waals surface area (Å²) in [5.41, 5.74) is 7.25. The van der Waals surface area contributed by atoms with Crippen molar-refractivity contribution in [3.63, 3.8) is 0 Å². The molecule has 0 aromatic heterocycles. The quantitative estimate of drug-likeness (QED) is 0.143. The number of imide groups is 1. The maximum Gasteiger partial charge on any atom is 0.234 e. The van der Waals surface area contributed by atoms with Crippen LogP contribution in [0.25, 0.3) is 11.6 Å². The maximum absolute atomic E-state index is 14.2. The number of fused-ring (bicyclic) bond motifs is 3. The average Bonchev–Trinajstić information content (AvgIpc) is 3.62. The first kappa shape index (κ1) is 31.6. The molecule has 7 rings (SSSR count). The number of hydrogen-bond donors (Lipinski definition) is 1. The molecule has 3 aromatic rings.